The number of Topliss-reactive ketones (excluding diaryl/α,β-unsaturated/α-hetero) is 1. The van der Waals surface area contributed by atoms with Crippen LogP contribution in [0.1, 0.15) is 20.8 Å². The fourth-order valence-corrected chi connectivity index (χ4v) is 2.30. The monoisotopic (exact) mass is 399 g/mol. The van der Waals surface area contributed by atoms with E-state index in [1.165, 1.54) is 0 Å². The molecule has 0 aliphatic carbocycles. The number of rotatable bonds is 8. The number of ketones is 1. The third-order valence-electron chi connectivity index (χ3n) is 2.64. The predicted octanol–water partition coefficient (Wildman–Crippen LogP) is 1.92. The maximum atomic E-state index is 12.0. The number of carbonyl (C=O) groups excluding carboxylic acids is 1. The Labute approximate surface area is 134 Å². The first-order valence-corrected chi connectivity index (χ1v) is 8.02. The first kappa shape index (κ1) is 19.1. The lowest BCUT2D eigenvalue weighted by Crippen LogP contribution is -2.53. The highest BCUT2D eigenvalue weighted by molar-refractivity contribution is 14.1. The van der Waals surface area contributed by atoms with Crippen LogP contribution in [0.15, 0.2) is 22.8 Å². The standard InChI is InChI=1S/C13H23ClIN3O/c1-4-9(14)7-18-10(5-8(2)3)12(13(16)17)11(19)6-15/h4-5,10,12-13,18H,6-7,16-17H2,1-3H3/b9-4+. The van der Waals surface area contributed by atoms with Crippen molar-refractivity contribution in [3.8, 4) is 0 Å². The second-order valence-corrected chi connectivity index (χ2v) is 5.84. The molecule has 0 bridgehead atoms. The fourth-order valence-electron chi connectivity index (χ4n) is 1.71. The fraction of sp³-hybridized carbons (Fsp3) is 0.615. The summed E-state index contributed by atoms with van der Waals surface area (Å²) in [7, 11) is 0. The van der Waals surface area contributed by atoms with Gasteiger partial charge in [0.15, 0.2) is 0 Å². The molecule has 4 nitrogen and oxygen atoms in total. The molecule has 0 aromatic rings. The van der Waals surface area contributed by atoms with Gasteiger partial charge in [0.1, 0.15) is 5.78 Å². The van der Waals surface area contributed by atoms with E-state index in [4.69, 9.17) is 23.1 Å². The molecule has 19 heavy (non-hydrogen) atoms. The molecule has 0 saturated heterocycles. The topological polar surface area (TPSA) is 81.1 Å². The van der Waals surface area contributed by atoms with E-state index in [1.54, 1.807) is 0 Å². The Morgan fingerprint density at radius 1 is 1.42 bits per heavy atom. The highest BCUT2D eigenvalue weighted by atomic mass is 127. The highest BCUT2D eigenvalue weighted by Gasteiger charge is 2.29. The van der Waals surface area contributed by atoms with Gasteiger partial charge in [-0.2, -0.15) is 0 Å². The van der Waals surface area contributed by atoms with E-state index in [-0.39, 0.29) is 11.8 Å². The zero-order valence-electron chi connectivity index (χ0n) is 11.6. The molecule has 0 rings (SSSR count). The number of hydrogen-bond donors (Lipinski definition) is 3. The quantitative estimate of drug-likeness (QED) is 0.252. The zero-order chi connectivity index (χ0) is 15.0. The molecule has 0 saturated carbocycles. The van der Waals surface area contributed by atoms with Crippen LogP contribution in [0.25, 0.3) is 0 Å². The zero-order valence-corrected chi connectivity index (χ0v) is 14.5. The predicted molar refractivity (Wildman–Crippen MR) is 90.4 cm³/mol. The van der Waals surface area contributed by atoms with Gasteiger partial charge in [-0.15, -0.1) is 0 Å². The van der Waals surface area contributed by atoms with Crippen LogP contribution < -0.4 is 16.8 Å². The molecule has 0 aliphatic rings. The van der Waals surface area contributed by atoms with Gasteiger partial charge in [-0.25, -0.2) is 0 Å². The summed E-state index contributed by atoms with van der Waals surface area (Å²) in [5.74, 6) is -0.407. The van der Waals surface area contributed by atoms with Crippen LogP contribution in [0.3, 0.4) is 0 Å². The molecule has 0 radical (unpaired) electrons. The number of nitrogens with one attached hydrogen (secondary N) is 1. The van der Waals surface area contributed by atoms with Gasteiger partial charge in [-0.05, 0) is 20.8 Å². The summed E-state index contributed by atoms with van der Waals surface area (Å²) >= 11 is 8.00. The molecule has 2 unspecified atom stereocenters. The largest absolute Gasteiger partial charge is 0.315 e. The lowest BCUT2D eigenvalue weighted by atomic mass is 9.91. The molecule has 0 spiro atoms. The van der Waals surface area contributed by atoms with Gasteiger partial charge < -0.3 is 16.8 Å². The third kappa shape index (κ3) is 7.41. The summed E-state index contributed by atoms with van der Waals surface area (Å²) in [6.45, 7) is 6.30. The summed E-state index contributed by atoms with van der Waals surface area (Å²) in [6, 6.07) is -0.207. The van der Waals surface area contributed by atoms with Crippen molar-refractivity contribution < 1.29 is 4.79 Å². The number of halogens is 2. The maximum absolute atomic E-state index is 12.0. The van der Waals surface area contributed by atoms with Crippen molar-refractivity contribution in [1.29, 1.82) is 0 Å². The van der Waals surface area contributed by atoms with E-state index in [1.807, 2.05) is 55.5 Å². The van der Waals surface area contributed by atoms with Crippen molar-refractivity contribution in [3.63, 3.8) is 0 Å². The Kier molecular flexibility index (Phi) is 9.90. The van der Waals surface area contributed by atoms with Crippen LogP contribution in [-0.2, 0) is 4.79 Å². The minimum atomic E-state index is -0.695. The Balaban J connectivity index is 5.08. The van der Waals surface area contributed by atoms with Crippen LogP contribution in [0, 0.1) is 5.92 Å². The molecular formula is C13H23ClIN3O. The molecule has 5 N–H and O–H groups in total. The minimum Gasteiger partial charge on any atom is -0.315 e. The molecule has 2 atom stereocenters. The van der Waals surface area contributed by atoms with E-state index in [0.29, 0.717) is 16.0 Å². The van der Waals surface area contributed by atoms with E-state index in [0.717, 1.165) is 5.57 Å². The average Bonchev–Trinajstić information content (AvgIpc) is 2.34. The number of carbonyl (C=O) groups is 1. The molecule has 0 aromatic heterocycles. The van der Waals surface area contributed by atoms with Gasteiger partial charge in [0, 0.05) is 17.6 Å². The van der Waals surface area contributed by atoms with Crippen molar-refractivity contribution in [2.45, 2.75) is 33.0 Å². The van der Waals surface area contributed by atoms with Crippen LogP contribution >= 0.6 is 34.2 Å². The number of allylic oxidation sites excluding steroid dienone is 2. The summed E-state index contributed by atoms with van der Waals surface area (Å²) in [5.41, 5.74) is 12.6. The maximum Gasteiger partial charge on any atom is 0.150 e. The molecule has 0 aliphatic heterocycles. The van der Waals surface area contributed by atoms with Gasteiger partial charge in [0.05, 0.1) is 16.5 Å². The van der Waals surface area contributed by atoms with E-state index >= 15 is 0 Å². The van der Waals surface area contributed by atoms with Crippen molar-refractivity contribution in [1.82, 2.24) is 5.32 Å². The van der Waals surface area contributed by atoms with Crippen LogP contribution in [0.4, 0.5) is 0 Å². The Bertz CT molecular complexity index is 352. The second-order valence-electron chi connectivity index (χ2n) is 4.59. The molecular weight excluding hydrogens is 377 g/mol. The van der Waals surface area contributed by atoms with E-state index in [9.17, 15) is 4.79 Å². The molecule has 0 heterocycles. The SMILES string of the molecule is C/C=C(/Cl)CNC(C=C(C)C)C(C(=O)CI)C(N)N. The number of nitrogens with two attached hydrogens (primary N) is 2. The molecule has 0 fully saturated rings. The van der Waals surface area contributed by atoms with Crippen molar-refractivity contribution in [3.05, 3.63) is 22.8 Å². The summed E-state index contributed by atoms with van der Waals surface area (Å²) in [6.07, 6.45) is 3.09. The number of alkyl halides is 1. The third-order valence-corrected chi connectivity index (χ3v) is 3.74. The van der Waals surface area contributed by atoms with Gasteiger partial charge in [0.25, 0.3) is 0 Å². The van der Waals surface area contributed by atoms with Gasteiger partial charge in [0.2, 0.25) is 0 Å². The van der Waals surface area contributed by atoms with Crippen molar-refractivity contribution >= 4 is 40.0 Å². The van der Waals surface area contributed by atoms with E-state index in [2.05, 4.69) is 5.32 Å². The minimum absolute atomic E-state index is 0.0437. The van der Waals surface area contributed by atoms with Crippen LogP contribution in [-0.4, -0.2) is 29.0 Å². The highest BCUT2D eigenvalue weighted by Crippen LogP contribution is 2.13. The molecule has 0 amide bonds. The smallest absolute Gasteiger partial charge is 0.150 e. The van der Waals surface area contributed by atoms with Crippen LogP contribution in [0.5, 0.6) is 0 Å². The normalized spacial score (nSPS) is 15.3. The van der Waals surface area contributed by atoms with E-state index < -0.39 is 12.1 Å². The lowest BCUT2D eigenvalue weighted by Gasteiger charge is -2.27. The first-order chi connectivity index (χ1) is 8.83. The van der Waals surface area contributed by atoms with Crippen molar-refractivity contribution in [2.75, 3.05) is 11.0 Å². The van der Waals surface area contributed by atoms with Gasteiger partial charge in [-0.1, -0.05) is 51.9 Å². The molecule has 110 valence electrons. The lowest BCUT2D eigenvalue weighted by molar-refractivity contribution is -0.121. The second kappa shape index (κ2) is 9.88. The first-order valence-electron chi connectivity index (χ1n) is 6.12. The van der Waals surface area contributed by atoms with Gasteiger partial charge in [-0.3, -0.25) is 4.79 Å². The number of hydrogen-bond acceptors (Lipinski definition) is 4. The molecule has 0 aromatic carbocycles. The molecule has 6 heteroatoms. The van der Waals surface area contributed by atoms with Crippen LogP contribution in [0.2, 0.25) is 0 Å². The Hall–Kier alpha value is 0.0500. The average molecular weight is 400 g/mol. The summed E-state index contributed by atoms with van der Waals surface area (Å²) in [5, 5.41) is 3.93. The van der Waals surface area contributed by atoms with Crippen molar-refractivity contribution in [2.24, 2.45) is 17.4 Å². The summed E-state index contributed by atoms with van der Waals surface area (Å²) < 4.78 is 0.388. The summed E-state index contributed by atoms with van der Waals surface area (Å²) in [4.78, 5) is 12.0. The van der Waals surface area contributed by atoms with Gasteiger partial charge >= 0.3 is 0 Å². The Morgan fingerprint density at radius 3 is 2.37 bits per heavy atom. The Morgan fingerprint density at radius 2 is 2.00 bits per heavy atom.